The molecule has 0 bridgehead atoms. The Bertz CT molecular complexity index is 983. The molecule has 3 rings (SSSR count). The maximum absolute atomic E-state index is 13.0. The van der Waals surface area contributed by atoms with Crippen LogP contribution in [0.4, 0.5) is 4.79 Å². The van der Waals surface area contributed by atoms with Gasteiger partial charge in [0, 0.05) is 16.3 Å². The highest BCUT2D eigenvalue weighted by molar-refractivity contribution is 6.30. The molecule has 2 aromatic rings. The van der Waals surface area contributed by atoms with Crippen LogP contribution < -0.4 is 15.4 Å². The van der Waals surface area contributed by atoms with Crippen molar-refractivity contribution in [2.24, 2.45) is 5.92 Å². The number of carbonyl (C=O) groups is 2. The first-order valence-corrected chi connectivity index (χ1v) is 10.6. The fourth-order valence-corrected chi connectivity index (χ4v) is 3.50. The van der Waals surface area contributed by atoms with Crippen LogP contribution in [0.25, 0.3) is 0 Å². The zero-order chi connectivity index (χ0) is 22.5. The third-order valence-corrected chi connectivity index (χ3v) is 5.03. The number of ether oxygens (including phenoxy) is 2. The van der Waals surface area contributed by atoms with Crippen LogP contribution in [0.15, 0.2) is 59.8 Å². The average Bonchev–Trinajstić information content (AvgIpc) is 2.72. The van der Waals surface area contributed by atoms with E-state index < -0.39 is 12.0 Å². The van der Waals surface area contributed by atoms with Gasteiger partial charge in [0.2, 0.25) is 0 Å². The molecule has 1 heterocycles. The molecule has 1 atom stereocenters. The molecule has 2 N–H and O–H groups in total. The van der Waals surface area contributed by atoms with E-state index in [1.54, 1.807) is 26.0 Å². The Hall–Kier alpha value is -2.99. The number of hydrogen-bond donors (Lipinski definition) is 2. The largest absolute Gasteiger partial charge is 0.489 e. The number of benzene rings is 2. The Labute approximate surface area is 187 Å². The van der Waals surface area contributed by atoms with Gasteiger partial charge >= 0.3 is 12.0 Å². The Morgan fingerprint density at radius 2 is 1.74 bits per heavy atom. The monoisotopic (exact) mass is 442 g/mol. The van der Waals surface area contributed by atoms with Crippen molar-refractivity contribution in [3.63, 3.8) is 0 Å². The summed E-state index contributed by atoms with van der Waals surface area (Å²) in [5.41, 5.74) is 2.56. The molecule has 1 aliphatic rings. The van der Waals surface area contributed by atoms with Gasteiger partial charge in [0.05, 0.1) is 17.7 Å². The molecule has 2 amide bonds. The molecule has 164 valence electrons. The number of nitrogens with one attached hydrogen (secondary N) is 2. The maximum Gasteiger partial charge on any atom is 0.338 e. The second-order valence-electron chi connectivity index (χ2n) is 7.92. The lowest BCUT2D eigenvalue weighted by Gasteiger charge is -2.32. The van der Waals surface area contributed by atoms with E-state index in [1.807, 2.05) is 50.2 Å². The minimum atomic E-state index is -0.696. The molecule has 0 saturated carbocycles. The minimum Gasteiger partial charge on any atom is -0.489 e. The van der Waals surface area contributed by atoms with Gasteiger partial charge in [-0.3, -0.25) is 0 Å². The first-order valence-electron chi connectivity index (χ1n) is 10.2. The molecule has 0 aliphatic carbocycles. The van der Waals surface area contributed by atoms with Crippen molar-refractivity contribution < 1.29 is 19.1 Å². The fourth-order valence-electron chi connectivity index (χ4n) is 3.37. The smallest absolute Gasteiger partial charge is 0.338 e. The molecule has 7 heteroatoms. The number of urea groups is 1. The summed E-state index contributed by atoms with van der Waals surface area (Å²) in [6.45, 7) is 7.74. The molecule has 0 aromatic heterocycles. The van der Waals surface area contributed by atoms with Gasteiger partial charge in [-0.15, -0.1) is 0 Å². The zero-order valence-electron chi connectivity index (χ0n) is 18.1. The van der Waals surface area contributed by atoms with Crippen molar-refractivity contribution in [1.29, 1.82) is 0 Å². The normalized spacial score (nSPS) is 16.2. The summed E-state index contributed by atoms with van der Waals surface area (Å²) in [5, 5.41) is 6.29. The molecule has 1 unspecified atom stereocenters. The van der Waals surface area contributed by atoms with Crippen LogP contribution in [-0.4, -0.2) is 18.1 Å². The molecule has 0 radical (unpaired) electrons. The summed E-state index contributed by atoms with van der Waals surface area (Å²) in [5.74, 6) is 0.0247. The topological polar surface area (TPSA) is 76.7 Å². The molecular weight excluding hydrogens is 416 g/mol. The first-order chi connectivity index (χ1) is 14.8. The van der Waals surface area contributed by atoms with E-state index in [4.69, 9.17) is 21.1 Å². The van der Waals surface area contributed by atoms with Gasteiger partial charge in [-0.05, 0) is 43.5 Å². The molecule has 0 spiro atoms. The van der Waals surface area contributed by atoms with E-state index in [0.29, 0.717) is 34.2 Å². The highest BCUT2D eigenvalue weighted by Crippen LogP contribution is 2.35. The highest BCUT2D eigenvalue weighted by Gasteiger charge is 2.36. The first kappa shape index (κ1) is 22.7. The second kappa shape index (κ2) is 9.88. The van der Waals surface area contributed by atoms with Gasteiger partial charge in [-0.2, -0.15) is 0 Å². The van der Waals surface area contributed by atoms with Crippen LogP contribution in [0.2, 0.25) is 5.02 Å². The second-order valence-corrected chi connectivity index (χ2v) is 8.36. The summed E-state index contributed by atoms with van der Waals surface area (Å²) >= 11 is 5.95. The van der Waals surface area contributed by atoms with Crippen LogP contribution in [0.5, 0.6) is 5.75 Å². The molecular formula is C24H27ClN2O4. The van der Waals surface area contributed by atoms with Gasteiger partial charge in [-0.25, -0.2) is 9.59 Å². The van der Waals surface area contributed by atoms with E-state index in [9.17, 15) is 9.59 Å². The number of amides is 2. The Balaban J connectivity index is 1.98. The quantitative estimate of drug-likeness (QED) is 0.582. The number of para-hydroxylation sites is 1. The number of esters is 1. The number of allylic oxidation sites excluding steroid dienone is 1. The lowest BCUT2D eigenvalue weighted by molar-refractivity contribution is -0.143. The van der Waals surface area contributed by atoms with Crippen molar-refractivity contribution in [3.05, 3.63) is 76.0 Å². The molecule has 2 aromatic carbocycles. The summed E-state index contributed by atoms with van der Waals surface area (Å²) in [7, 11) is 0. The molecule has 0 saturated heterocycles. The number of halogens is 1. The summed E-state index contributed by atoms with van der Waals surface area (Å²) in [6.07, 6.45) is -0.289. The molecule has 6 nitrogen and oxygen atoms in total. The number of rotatable bonds is 7. The summed E-state index contributed by atoms with van der Waals surface area (Å²) in [4.78, 5) is 25.4. The van der Waals surface area contributed by atoms with Gasteiger partial charge in [0.1, 0.15) is 12.4 Å². The van der Waals surface area contributed by atoms with E-state index in [2.05, 4.69) is 10.6 Å². The van der Waals surface area contributed by atoms with Crippen LogP contribution in [0.3, 0.4) is 0 Å². The van der Waals surface area contributed by atoms with Crippen LogP contribution in [-0.2, 0) is 16.1 Å². The fraction of sp³-hybridized carbons (Fsp3) is 0.333. The number of carbonyl (C=O) groups excluding carboxylic acids is 2. The van der Waals surface area contributed by atoms with Crippen molar-refractivity contribution in [1.82, 2.24) is 10.6 Å². The molecule has 1 aliphatic heterocycles. The average molecular weight is 443 g/mol. The van der Waals surface area contributed by atoms with Crippen LogP contribution in [0, 0.1) is 5.92 Å². The predicted molar refractivity (Wildman–Crippen MR) is 120 cm³/mol. The van der Waals surface area contributed by atoms with E-state index in [0.717, 1.165) is 5.56 Å². The predicted octanol–water partition coefficient (Wildman–Crippen LogP) is 5.13. The van der Waals surface area contributed by atoms with E-state index in [1.165, 1.54) is 0 Å². The third kappa shape index (κ3) is 5.58. The summed E-state index contributed by atoms with van der Waals surface area (Å²) in [6, 6.07) is 13.7. The Morgan fingerprint density at radius 1 is 1.06 bits per heavy atom. The van der Waals surface area contributed by atoms with E-state index in [-0.39, 0.29) is 18.1 Å². The van der Waals surface area contributed by atoms with Crippen molar-refractivity contribution in [3.8, 4) is 5.75 Å². The Kier molecular flexibility index (Phi) is 7.23. The van der Waals surface area contributed by atoms with Crippen LogP contribution >= 0.6 is 11.6 Å². The molecule has 0 fully saturated rings. The Morgan fingerprint density at radius 3 is 2.39 bits per heavy atom. The lowest BCUT2D eigenvalue weighted by atomic mass is 9.91. The standard InChI is InChI=1S/C24H27ClN2O4/c1-14(2)21-20(23(28)31-15(3)4)22(27-24(29)26-21)18-7-5-6-8-19(18)30-13-16-9-11-17(25)12-10-16/h5-12,14-15,22H,13H2,1-4H3,(H2,26,27,29). The van der Waals surface area contributed by atoms with Gasteiger partial charge in [0.15, 0.2) is 0 Å². The number of hydrogen-bond acceptors (Lipinski definition) is 4. The van der Waals surface area contributed by atoms with Gasteiger partial charge in [0.25, 0.3) is 0 Å². The molecule has 31 heavy (non-hydrogen) atoms. The minimum absolute atomic E-state index is 0.0783. The lowest BCUT2D eigenvalue weighted by Crippen LogP contribution is -2.47. The van der Waals surface area contributed by atoms with Crippen LogP contribution in [0.1, 0.15) is 44.9 Å². The maximum atomic E-state index is 13.0. The SMILES string of the molecule is CC(C)OC(=O)C1=C(C(C)C)NC(=O)NC1c1ccccc1OCc1ccc(Cl)cc1. The zero-order valence-corrected chi connectivity index (χ0v) is 18.8. The van der Waals surface area contributed by atoms with Crippen molar-refractivity contribution >= 4 is 23.6 Å². The third-order valence-electron chi connectivity index (χ3n) is 4.78. The van der Waals surface area contributed by atoms with Gasteiger partial charge in [-0.1, -0.05) is 55.8 Å². The van der Waals surface area contributed by atoms with Crippen molar-refractivity contribution in [2.45, 2.75) is 46.4 Å². The van der Waals surface area contributed by atoms with Crippen molar-refractivity contribution in [2.75, 3.05) is 0 Å². The van der Waals surface area contributed by atoms with E-state index >= 15 is 0 Å². The highest BCUT2D eigenvalue weighted by atomic mass is 35.5. The summed E-state index contributed by atoms with van der Waals surface area (Å²) < 4.78 is 11.6. The van der Waals surface area contributed by atoms with Gasteiger partial charge < -0.3 is 20.1 Å².